The third kappa shape index (κ3) is 3.15. The number of amides is 1. The number of anilines is 1. The van der Waals surface area contributed by atoms with Crippen LogP contribution in [0.1, 0.15) is 10.9 Å². The van der Waals surface area contributed by atoms with Gasteiger partial charge < -0.3 is 0 Å². The molecule has 0 radical (unpaired) electrons. The van der Waals surface area contributed by atoms with Gasteiger partial charge in [0, 0.05) is 17.8 Å². The van der Waals surface area contributed by atoms with E-state index in [4.69, 9.17) is 23.2 Å². The number of nitro benzene ring substituents is 1. The van der Waals surface area contributed by atoms with Gasteiger partial charge in [0.1, 0.15) is 5.37 Å². The van der Waals surface area contributed by atoms with Crippen molar-refractivity contribution >= 4 is 52.2 Å². The summed E-state index contributed by atoms with van der Waals surface area (Å²) in [6.07, 6.45) is 0. The predicted octanol–water partition coefficient (Wildman–Crippen LogP) is 4.68. The van der Waals surface area contributed by atoms with Crippen LogP contribution in [0, 0.1) is 10.1 Å². The number of benzene rings is 2. The minimum absolute atomic E-state index is 0.0177. The van der Waals surface area contributed by atoms with Crippen molar-refractivity contribution in [3.05, 3.63) is 68.2 Å². The molecule has 0 aliphatic carbocycles. The average molecular weight is 369 g/mol. The van der Waals surface area contributed by atoms with Crippen LogP contribution < -0.4 is 4.90 Å². The lowest BCUT2D eigenvalue weighted by Crippen LogP contribution is -2.27. The van der Waals surface area contributed by atoms with E-state index in [-0.39, 0.29) is 17.0 Å². The third-order valence-corrected chi connectivity index (χ3v) is 5.39. The van der Waals surface area contributed by atoms with E-state index in [1.807, 2.05) is 0 Å². The number of thioether (sulfide) groups is 1. The highest BCUT2D eigenvalue weighted by Gasteiger charge is 2.34. The molecule has 0 unspecified atom stereocenters. The maximum atomic E-state index is 12.3. The molecule has 1 aliphatic heterocycles. The molecule has 0 saturated carbocycles. The predicted molar refractivity (Wildman–Crippen MR) is 92.2 cm³/mol. The van der Waals surface area contributed by atoms with Crippen molar-refractivity contribution in [3.63, 3.8) is 0 Å². The Labute approximate surface area is 146 Å². The Morgan fingerprint density at radius 2 is 1.83 bits per heavy atom. The Morgan fingerprint density at radius 3 is 2.43 bits per heavy atom. The first-order valence-electron chi connectivity index (χ1n) is 6.60. The van der Waals surface area contributed by atoms with E-state index >= 15 is 0 Å². The van der Waals surface area contributed by atoms with E-state index in [0.717, 1.165) is 5.56 Å². The lowest BCUT2D eigenvalue weighted by molar-refractivity contribution is -0.384. The highest BCUT2D eigenvalue weighted by Crippen LogP contribution is 2.43. The number of nitrogens with zero attached hydrogens (tertiary/aromatic N) is 2. The topological polar surface area (TPSA) is 63.4 Å². The quantitative estimate of drug-likeness (QED) is 0.582. The second-order valence-corrected chi connectivity index (χ2v) is 6.76. The van der Waals surface area contributed by atoms with Crippen LogP contribution in [-0.4, -0.2) is 16.6 Å². The molecule has 1 fully saturated rings. The van der Waals surface area contributed by atoms with Crippen LogP contribution in [0.25, 0.3) is 0 Å². The zero-order valence-electron chi connectivity index (χ0n) is 11.6. The summed E-state index contributed by atoms with van der Waals surface area (Å²) in [7, 11) is 0. The summed E-state index contributed by atoms with van der Waals surface area (Å²) in [5.74, 6) is 0.291. The lowest BCUT2D eigenvalue weighted by atomic mass is 10.1. The minimum Gasteiger partial charge on any atom is -0.295 e. The molecule has 8 heteroatoms. The molecule has 0 aromatic heterocycles. The van der Waals surface area contributed by atoms with Gasteiger partial charge in [-0.1, -0.05) is 23.2 Å². The van der Waals surface area contributed by atoms with E-state index in [1.54, 1.807) is 35.2 Å². The average Bonchev–Trinajstić information content (AvgIpc) is 2.92. The van der Waals surface area contributed by atoms with Crippen LogP contribution in [0.4, 0.5) is 11.4 Å². The Hall–Kier alpha value is -1.76. The zero-order chi connectivity index (χ0) is 16.6. The SMILES string of the molecule is O=C1CS[C@@H](c2ccc([N+](=O)[O-])cc2)N1c1ccc(Cl)c(Cl)c1. The molecule has 1 saturated heterocycles. The molecule has 2 aromatic carbocycles. The molecule has 0 bridgehead atoms. The standard InChI is InChI=1S/C15H10Cl2N2O3S/c16-12-6-5-11(7-13(12)17)18-14(20)8-23-15(18)9-1-3-10(4-2-9)19(21)22/h1-7,15H,8H2/t15-/m0/s1. The number of nitro groups is 1. The van der Waals surface area contributed by atoms with Gasteiger partial charge in [-0.3, -0.25) is 19.8 Å². The van der Waals surface area contributed by atoms with Crippen LogP contribution in [0.5, 0.6) is 0 Å². The van der Waals surface area contributed by atoms with Crippen LogP contribution in [0.3, 0.4) is 0 Å². The summed E-state index contributed by atoms with van der Waals surface area (Å²) < 4.78 is 0. The molecule has 0 N–H and O–H groups in total. The normalized spacial score (nSPS) is 17.6. The number of hydrogen-bond donors (Lipinski definition) is 0. The molecule has 23 heavy (non-hydrogen) atoms. The Morgan fingerprint density at radius 1 is 1.13 bits per heavy atom. The highest BCUT2D eigenvalue weighted by molar-refractivity contribution is 8.00. The van der Waals surface area contributed by atoms with Crippen molar-refractivity contribution in [1.29, 1.82) is 0 Å². The van der Waals surface area contributed by atoms with Gasteiger partial charge in [-0.05, 0) is 35.9 Å². The van der Waals surface area contributed by atoms with E-state index < -0.39 is 4.92 Å². The minimum atomic E-state index is -0.451. The van der Waals surface area contributed by atoms with Crippen LogP contribution in [0.2, 0.25) is 10.0 Å². The summed E-state index contributed by atoms with van der Waals surface area (Å²) >= 11 is 13.4. The summed E-state index contributed by atoms with van der Waals surface area (Å²) in [5, 5.41) is 11.3. The second kappa shape index (κ2) is 6.39. The Kier molecular flexibility index (Phi) is 4.48. The number of carbonyl (C=O) groups is 1. The van der Waals surface area contributed by atoms with Crippen molar-refractivity contribution in [1.82, 2.24) is 0 Å². The van der Waals surface area contributed by atoms with Crippen molar-refractivity contribution in [2.45, 2.75) is 5.37 Å². The molecule has 0 spiro atoms. The number of non-ortho nitro benzene ring substituents is 1. The highest BCUT2D eigenvalue weighted by atomic mass is 35.5. The van der Waals surface area contributed by atoms with Crippen LogP contribution in [0.15, 0.2) is 42.5 Å². The number of rotatable bonds is 3. The van der Waals surface area contributed by atoms with E-state index in [0.29, 0.717) is 21.5 Å². The summed E-state index contributed by atoms with van der Waals surface area (Å²) in [5.41, 5.74) is 1.49. The van der Waals surface area contributed by atoms with Gasteiger partial charge in [0.2, 0.25) is 5.91 Å². The Balaban J connectivity index is 1.96. The fraction of sp³-hybridized carbons (Fsp3) is 0.133. The largest absolute Gasteiger partial charge is 0.295 e. The molecular weight excluding hydrogens is 359 g/mol. The van der Waals surface area contributed by atoms with E-state index in [9.17, 15) is 14.9 Å². The monoisotopic (exact) mass is 368 g/mol. The summed E-state index contributed by atoms with van der Waals surface area (Å²) in [4.78, 5) is 24.2. The molecule has 2 aromatic rings. The fourth-order valence-corrected chi connectivity index (χ4v) is 3.82. The second-order valence-electron chi connectivity index (χ2n) is 4.87. The maximum Gasteiger partial charge on any atom is 0.269 e. The fourth-order valence-electron chi connectivity index (χ4n) is 2.35. The molecule has 5 nitrogen and oxygen atoms in total. The maximum absolute atomic E-state index is 12.3. The van der Waals surface area contributed by atoms with Crippen molar-refractivity contribution in [3.8, 4) is 0 Å². The molecule has 1 aliphatic rings. The first-order chi connectivity index (χ1) is 11.0. The summed E-state index contributed by atoms with van der Waals surface area (Å²) in [6, 6.07) is 11.2. The molecule has 1 amide bonds. The van der Waals surface area contributed by atoms with Gasteiger partial charge in [0.25, 0.3) is 5.69 Å². The van der Waals surface area contributed by atoms with Gasteiger partial charge in [0.15, 0.2) is 0 Å². The lowest BCUT2D eigenvalue weighted by Gasteiger charge is -2.24. The van der Waals surface area contributed by atoms with Gasteiger partial charge >= 0.3 is 0 Å². The zero-order valence-corrected chi connectivity index (χ0v) is 13.9. The molecule has 118 valence electrons. The van der Waals surface area contributed by atoms with Crippen molar-refractivity contribution < 1.29 is 9.72 Å². The van der Waals surface area contributed by atoms with Crippen LogP contribution >= 0.6 is 35.0 Å². The molecule has 1 heterocycles. The molecular formula is C15H10Cl2N2O3S. The first-order valence-corrected chi connectivity index (χ1v) is 8.41. The number of hydrogen-bond acceptors (Lipinski definition) is 4. The Bertz CT molecular complexity index is 783. The van der Waals surface area contributed by atoms with Gasteiger partial charge in [-0.25, -0.2) is 0 Å². The van der Waals surface area contributed by atoms with Crippen LogP contribution in [-0.2, 0) is 4.79 Å². The molecule has 1 atom stereocenters. The van der Waals surface area contributed by atoms with Gasteiger partial charge in [0.05, 0.1) is 20.7 Å². The smallest absolute Gasteiger partial charge is 0.269 e. The van der Waals surface area contributed by atoms with E-state index in [2.05, 4.69) is 0 Å². The van der Waals surface area contributed by atoms with E-state index in [1.165, 1.54) is 23.9 Å². The number of carbonyl (C=O) groups excluding carboxylic acids is 1. The van der Waals surface area contributed by atoms with Gasteiger partial charge in [-0.15, -0.1) is 11.8 Å². The summed E-state index contributed by atoms with van der Waals surface area (Å²) in [6.45, 7) is 0. The number of halogens is 2. The van der Waals surface area contributed by atoms with Gasteiger partial charge in [-0.2, -0.15) is 0 Å². The molecule has 3 rings (SSSR count). The van der Waals surface area contributed by atoms with Crippen molar-refractivity contribution in [2.75, 3.05) is 10.7 Å². The van der Waals surface area contributed by atoms with Crippen molar-refractivity contribution in [2.24, 2.45) is 0 Å². The third-order valence-electron chi connectivity index (χ3n) is 3.44. The first kappa shape index (κ1) is 16.1.